The number of nitrogens with one attached hydrogen (secondary N) is 1. The minimum absolute atomic E-state index is 0.114. The van der Waals surface area contributed by atoms with Gasteiger partial charge in [0.15, 0.2) is 9.84 Å². The van der Waals surface area contributed by atoms with Crippen molar-refractivity contribution in [3.05, 3.63) is 0 Å². The molecular weight excluding hydrogens is 214 g/mol. The van der Waals surface area contributed by atoms with Gasteiger partial charge >= 0.3 is 0 Å². The zero-order chi connectivity index (χ0) is 11.9. The first-order chi connectivity index (χ1) is 6.93. The molecule has 0 aromatic carbocycles. The lowest BCUT2D eigenvalue weighted by Gasteiger charge is -2.23. The van der Waals surface area contributed by atoms with Gasteiger partial charge in [0.25, 0.3) is 0 Å². The molecule has 0 aromatic rings. The Kier molecular flexibility index (Phi) is 7.13. The molecular formula is C10H23NO3S. The molecule has 0 aliphatic carbocycles. The average molecular weight is 237 g/mol. The molecule has 0 spiro atoms. The van der Waals surface area contributed by atoms with Crippen LogP contribution in [0.5, 0.6) is 0 Å². The summed E-state index contributed by atoms with van der Waals surface area (Å²) in [5.41, 5.74) is 0. The topological polar surface area (TPSA) is 55.4 Å². The van der Waals surface area contributed by atoms with Gasteiger partial charge in [0.05, 0.1) is 11.9 Å². The molecule has 2 unspecified atom stereocenters. The zero-order valence-electron chi connectivity index (χ0n) is 10.1. The molecule has 5 heteroatoms. The van der Waals surface area contributed by atoms with Gasteiger partial charge in [0, 0.05) is 18.9 Å². The van der Waals surface area contributed by atoms with Crippen molar-refractivity contribution in [3.63, 3.8) is 0 Å². The van der Waals surface area contributed by atoms with E-state index in [2.05, 4.69) is 5.32 Å². The van der Waals surface area contributed by atoms with Crippen LogP contribution in [0.1, 0.15) is 27.2 Å². The highest BCUT2D eigenvalue weighted by molar-refractivity contribution is 7.91. The quantitative estimate of drug-likeness (QED) is 0.635. The van der Waals surface area contributed by atoms with Gasteiger partial charge in [-0.05, 0) is 19.9 Å². The Morgan fingerprint density at radius 1 is 1.33 bits per heavy atom. The molecule has 0 saturated heterocycles. The summed E-state index contributed by atoms with van der Waals surface area (Å²) in [6, 6.07) is -0.114. The molecule has 0 fully saturated rings. The van der Waals surface area contributed by atoms with Gasteiger partial charge in [-0.1, -0.05) is 13.8 Å². The minimum Gasteiger partial charge on any atom is -0.380 e. The first kappa shape index (κ1) is 14.9. The fraction of sp³-hybridized carbons (Fsp3) is 1.00. The van der Waals surface area contributed by atoms with Gasteiger partial charge in [-0.25, -0.2) is 8.42 Å². The Hall–Kier alpha value is -0.130. The SMILES string of the molecule is CCCOCC(NCC)C(C)S(C)(=O)=O. The molecule has 0 heterocycles. The van der Waals surface area contributed by atoms with Crippen LogP contribution in [0.4, 0.5) is 0 Å². The predicted molar refractivity (Wildman–Crippen MR) is 62.9 cm³/mol. The highest BCUT2D eigenvalue weighted by Crippen LogP contribution is 2.05. The van der Waals surface area contributed by atoms with Crippen LogP contribution in [-0.2, 0) is 14.6 Å². The summed E-state index contributed by atoms with van der Waals surface area (Å²) in [5, 5.41) is 2.74. The van der Waals surface area contributed by atoms with Gasteiger partial charge in [-0.15, -0.1) is 0 Å². The molecule has 0 aromatic heterocycles. The van der Waals surface area contributed by atoms with E-state index < -0.39 is 15.1 Å². The van der Waals surface area contributed by atoms with Crippen LogP contribution in [0.15, 0.2) is 0 Å². The third kappa shape index (κ3) is 6.12. The summed E-state index contributed by atoms with van der Waals surface area (Å²) in [5.74, 6) is 0. The van der Waals surface area contributed by atoms with Gasteiger partial charge in [-0.2, -0.15) is 0 Å². The zero-order valence-corrected chi connectivity index (χ0v) is 10.9. The molecule has 1 N–H and O–H groups in total. The second-order valence-corrected chi connectivity index (χ2v) is 6.18. The van der Waals surface area contributed by atoms with Crippen molar-refractivity contribution in [1.82, 2.24) is 5.32 Å². The normalized spacial score (nSPS) is 16.3. The van der Waals surface area contributed by atoms with Crippen LogP contribution in [0.25, 0.3) is 0 Å². The first-order valence-corrected chi connectivity index (χ1v) is 7.38. The summed E-state index contributed by atoms with van der Waals surface area (Å²) in [6.07, 6.45) is 2.22. The van der Waals surface area contributed by atoms with E-state index in [1.165, 1.54) is 6.26 Å². The van der Waals surface area contributed by atoms with E-state index in [0.29, 0.717) is 13.2 Å². The van der Waals surface area contributed by atoms with Gasteiger partial charge in [-0.3, -0.25) is 0 Å². The Bertz CT molecular complexity index is 251. The molecule has 0 saturated carbocycles. The van der Waals surface area contributed by atoms with Crippen LogP contribution < -0.4 is 5.32 Å². The number of hydrogen-bond acceptors (Lipinski definition) is 4. The number of sulfone groups is 1. The third-order valence-electron chi connectivity index (χ3n) is 2.35. The van der Waals surface area contributed by atoms with E-state index in [1.54, 1.807) is 6.92 Å². The molecule has 2 atom stereocenters. The number of hydrogen-bond donors (Lipinski definition) is 1. The highest BCUT2D eigenvalue weighted by atomic mass is 32.2. The molecule has 0 bridgehead atoms. The lowest BCUT2D eigenvalue weighted by atomic mass is 10.2. The lowest BCUT2D eigenvalue weighted by Crippen LogP contribution is -2.45. The Labute approximate surface area is 93.3 Å². The van der Waals surface area contributed by atoms with Crippen LogP contribution in [0, 0.1) is 0 Å². The molecule has 0 amide bonds. The maximum Gasteiger partial charge on any atom is 0.151 e. The van der Waals surface area contributed by atoms with Crippen molar-refractivity contribution in [2.24, 2.45) is 0 Å². The molecule has 0 rings (SSSR count). The van der Waals surface area contributed by atoms with E-state index in [4.69, 9.17) is 4.74 Å². The van der Waals surface area contributed by atoms with E-state index >= 15 is 0 Å². The summed E-state index contributed by atoms with van der Waals surface area (Å²) < 4.78 is 28.2. The van der Waals surface area contributed by atoms with Crippen LogP contribution in [-0.4, -0.2) is 45.7 Å². The number of ether oxygens (including phenoxy) is 1. The van der Waals surface area contributed by atoms with Gasteiger partial charge in [0.2, 0.25) is 0 Å². The molecule has 0 aliphatic heterocycles. The van der Waals surface area contributed by atoms with E-state index in [-0.39, 0.29) is 6.04 Å². The minimum atomic E-state index is -3.00. The maximum absolute atomic E-state index is 11.4. The average Bonchev–Trinajstić information content (AvgIpc) is 2.14. The first-order valence-electron chi connectivity index (χ1n) is 5.43. The second-order valence-electron chi connectivity index (χ2n) is 3.77. The monoisotopic (exact) mass is 237 g/mol. The summed E-state index contributed by atoms with van der Waals surface area (Å²) >= 11 is 0. The maximum atomic E-state index is 11.4. The summed E-state index contributed by atoms with van der Waals surface area (Å²) in [4.78, 5) is 0. The van der Waals surface area contributed by atoms with Crippen molar-refractivity contribution in [2.45, 2.75) is 38.5 Å². The molecule has 92 valence electrons. The number of rotatable bonds is 8. The second kappa shape index (κ2) is 7.19. The Balaban J connectivity index is 4.25. The largest absolute Gasteiger partial charge is 0.380 e. The fourth-order valence-corrected chi connectivity index (χ4v) is 2.05. The van der Waals surface area contributed by atoms with E-state index in [9.17, 15) is 8.42 Å². The Morgan fingerprint density at radius 2 is 1.93 bits per heavy atom. The van der Waals surface area contributed by atoms with Crippen molar-refractivity contribution < 1.29 is 13.2 Å². The molecule has 0 radical (unpaired) electrons. The van der Waals surface area contributed by atoms with E-state index in [0.717, 1.165) is 13.0 Å². The summed E-state index contributed by atoms with van der Waals surface area (Å²) in [6.45, 7) is 7.59. The van der Waals surface area contributed by atoms with Gasteiger partial charge in [0.1, 0.15) is 0 Å². The molecule has 15 heavy (non-hydrogen) atoms. The molecule has 0 aliphatic rings. The molecule has 4 nitrogen and oxygen atoms in total. The lowest BCUT2D eigenvalue weighted by molar-refractivity contribution is 0.112. The van der Waals surface area contributed by atoms with Crippen molar-refractivity contribution in [1.29, 1.82) is 0 Å². The van der Waals surface area contributed by atoms with Crippen LogP contribution >= 0.6 is 0 Å². The standard InChI is InChI=1S/C10H23NO3S/c1-5-7-14-8-10(11-6-2)9(3)15(4,12)13/h9-11H,5-8H2,1-4H3. The van der Waals surface area contributed by atoms with Crippen molar-refractivity contribution in [2.75, 3.05) is 26.0 Å². The Morgan fingerprint density at radius 3 is 2.33 bits per heavy atom. The van der Waals surface area contributed by atoms with Crippen molar-refractivity contribution in [3.8, 4) is 0 Å². The van der Waals surface area contributed by atoms with Gasteiger partial charge < -0.3 is 10.1 Å². The van der Waals surface area contributed by atoms with Crippen molar-refractivity contribution >= 4 is 9.84 Å². The third-order valence-corrected chi connectivity index (χ3v) is 4.03. The smallest absolute Gasteiger partial charge is 0.151 e. The highest BCUT2D eigenvalue weighted by Gasteiger charge is 2.25. The fourth-order valence-electron chi connectivity index (χ4n) is 1.28. The predicted octanol–water partition coefficient (Wildman–Crippen LogP) is 0.824. The summed E-state index contributed by atoms with van der Waals surface area (Å²) in [7, 11) is -3.00. The van der Waals surface area contributed by atoms with Crippen LogP contribution in [0.2, 0.25) is 0 Å². The van der Waals surface area contributed by atoms with E-state index in [1.807, 2.05) is 13.8 Å². The van der Waals surface area contributed by atoms with Crippen LogP contribution in [0.3, 0.4) is 0 Å². The number of likely N-dealkylation sites (N-methyl/N-ethyl adjacent to an activating group) is 1.